The second kappa shape index (κ2) is 7.96. The van der Waals surface area contributed by atoms with Gasteiger partial charge in [-0.05, 0) is 46.8 Å². The Labute approximate surface area is 180 Å². The molecule has 8 nitrogen and oxygen atoms in total. The fourth-order valence-corrected chi connectivity index (χ4v) is 4.13. The Balaban J connectivity index is 1.46. The summed E-state index contributed by atoms with van der Waals surface area (Å²) in [4.78, 5) is 24.7. The number of carbonyl (C=O) groups is 2. The first kappa shape index (κ1) is 20.8. The van der Waals surface area contributed by atoms with Gasteiger partial charge in [0.15, 0.2) is 0 Å². The van der Waals surface area contributed by atoms with Crippen molar-refractivity contribution < 1.29 is 22.8 Å². The van der Waals surface area contributed by atoms with Crippen molar-refractivity contribution in [1.29, 1.82) is 0 Å². The van der Waals surface area contributed by atoms with E-state index in [1.54, 1.807) is 12.1 Å². The summed E-state index contributed by atoms with van der Waals surface area (Å²) in [6.07, 6.45) is -3.12. The first-order valence-electron chi connectivity index (χ1n) is 8.47. The predicted molar refractivity (Wildman–Crippen MR) is 106 cm³/mol. The predicted octanol–water partition coefficient (Wildman–Crippen LogP) is 3.62. The molecule has 13 heteroatoms. The van der Waals surface area contributed by atoms with E-state index in [4.69, 9.17) is 11.6 Å². The van der Waals surface area contributed by atoms with Crippen LogP contribution in [0.15, 0.2) is 48.8 Å². The van der Waals surface area contributed by atoms with Gasteiger partial charge < -0.3 is 0 Å². The number of amides is 2. The van der Waals surface area contributed by atoms with Crippen LogP contribution >= 0.6 is 22.9 Å². The number of tetrazole rings is 1. The number of carbonyl (C=O) groups excluding carboxylic acids is 2. The number of halogens is 4. The van der Waals surface area contributed by atoms with Crippen molar-refractivity contribution in [2.24, 2.45) is 0 Å². The number of hydrazine groups is 1. The number of nitrogens with one attached hydrogen (secondary N) is 2. The lowest BCUT2D eigenvalue weighted by atomic mass is 10.1. The molecule has 2 N–H and O–H groups in total. The number of fused-ring (bicyclic) bond motifs is 1. The second-order valence-corrected chi connectivity index (χ2v) is 7.59. The highest BCUT2D eigenvalue weighted by Gasteiger charge is 2.31. The summed E-state index contributed by atoms with van der Waals surface area (Å²) in [5.74, 6) is -1.35. The van der Waals surface area contributed by atoms with Gasteiger partial charge in [-0.3, -0.25) is 20.4 Å². The number of aromatic nitrogens is 4. The molecule has 4 rings (SSSR count). The maximum absolute atomic E-state index is 12.9. The third-order valence-electron chi connectivity index (χ3n) is 4.20. The minimum atomic E-state index is -4.51. The molecule has 0 atom stereocenters. The van der Waals surface area contributed by atoms with E-state index in [2.05, 4.69) is 26.4 Å². The van der Waals surface area contributed by atoms with Crippen molar-refractivity contribution in [2.45, 2.75) is 6.18 Å². The molecule has 2 amide bonds. The fraction of sp³-hybridized carbons (Fsp3) is 0.0556. The summed E-state index contributed by atoms with van der Waals surface area (Å²) in [5, 5.41) is 11.1. The number of hydrogen-bond donors (Lipinski definition) is 2. The Hall–Kier alpha value is -3.51. The SMILES string of the molecule is O=C(NNC(=O)c1sc2cc(C(F)(F)F)ccc2c1Cl)c1ccc(-n2cnnn2)cc1. The molecule has 158 valence electrons. The van der Waals surface area contributed by atoms with Crippen LogP contribution < -0.4 is 10.9 Å². The molecule has 31 heavy (non-hydrogen) atoms. The van der Waals surface area contributed by atoms with Crippen LogP contribution in [0.2, 0.25) is 5.02 Å². The van der Waals surface area contributed by atoms with Gasteiger partial charge in [0.25, 0.3) is 11.8 Å². The lowest BCUT2D eigenvalue weighted by molar-refractivity contribution is -0.137. The minimum absolute atomic E-state index is 0.00580. The van der Waals surface area contributed by atoms with Crippen LogP contribution in [-0.2, 0) is 6.18 Å². The molecular weight excluding hydrogens is 457 g/mol. The zero-order valence-electron chi connectivity index (χ0n) is 15.1. The number of rotatable bonds is 3. The zero-order valence-corrected chi connectivity index (χ0v) is 16.7. The highest BCUT2D eigenvalue weighted by Crippen LogP contribution is 2.39. The molecule has 0 aliphatic rings. The lowest BCUT2D eigenvalue weighted by Crippen LogP contribution is -2.41. The van der Waals surface area contributed by atoms with Crippen molar-refractivity contribution in [3.05, 3.63) is 69.8 Å². The highest BCUT2D eigenvalue weighted by atomic mass is 35.5. The standard InChI is InChI=1S/C18H10ClF3N6O2S/c19-14-12-6-3-10(18(20,21)22)7-13(12)31-15(14)17(30)25-24-16(29)9-1-4-11(5-2-9)28-8-23-26-27-28/h1-8H,(H,24,29)(H,25,30). The highest BCUT2D eigenvalue weighted by molar-refractivity contribution is 7.21. The molecule has 2 aromatic heterocycles. The Morgan fingerprint density at radius 1 is 1.03 bits per heavy atom. The topological polar surface area (TPSA) is 102 Å². The second-order valence-electron chi connectivity index (χ2n) is 6.16. The molecule has 0 bridgehead atoms. The van der Waals surface area contributed by atoms with Gasteiger partial charge in [0.05, 0.1) is 16.3 Å². The van der Waals surface area contributed by atoms with Gasteiger partial charge in [-0.1, -0.05) is 17.7 Å². The van der Waals surface area contributed by atoms with E-state index in [1.807, 2.05) is 0 Å². The molecule has 2 aromatic carbocycles. The molecular formula is C18H10ClF3N6O2S. The molecule has 0 unspecified atom stereocenters. The molecule has 0 saturated heterocycles. The van der Waals surface area contributed by atoms with E-state index >= 15 is 0 Å². The van der Waals surface area contributed by atoms with Crippen LogP contribution in [0.1, 0.15) is 25.6 Å². The summed E-state index contributed by atoms with van der Waals surface area (Å²) < 4.78 is 40.3. The average molecular weight is 467 g/mol. The number of alkyl halides is 3. The molecule has 0 fully saturated rings. The molecule has 0 aliphatic carbocycles. The first-order valence-corrected chi connectivity index (χ1v) is 9.67. The quantitative estimate of drug-likeness (QED) is 0.449. The van der Waals surface area contributed by atoms with Gasteiger partial charge in [0.1, 0.15) is 11.2 Å². The summed E-state index contributed by atoms with van der Waals surface area (Å²) in [6.45, 7) is 0. The van der Waals surface area contributed by atoms with Crippen molar-refractivity contribution in [3.63, 3.8) is 0 Å². The van der Waals surface area contributed by atoms with Gasteiger partial charge in [-0.2, -0.15) is 13.2 Å². The van der Waals surface area contributed by atoms with E-state index in [9.17, 15) is 22.8 Å². The Kier molecular flexibility index (Phi) is 5.33. The lowest BCUT2D eigenvalue weighted by Gasteiger charge is -2.07. The summed E-state index contributed by atoms with van der Waals surface area (Å²) in [7, 11) is 0. The summed E-state index contributed by atoms with van der Waals surface area (Å²) in [5.41, 5.74) is 4.48. The maximum Gasteiger partial charge on any atom is 0.416 e. The van der Waals surface area contributed by atoms with Gasteiger partial charge in [-0.25, -0.2) is 4.68 Å². The van der Waals surface area contributed by atoms with Crippen molar-refractivity contribution in [3.8, 4) is 5.69 Å². The van der Waals surface area contributed by atoms with Gasteiger partial charge in [0.2, 0.25) is 0 Å². The van der Waals surface area contributed by atoms with Gasteiger partial charge >= 0.3 is 6.18 Å². The van der Waals surface area contributed by atoms with Gasteiger partial charge in [0, 0.05) is 15.6 Å². The van der Waals surface area contributed by atoms with Crippen molar-refractivity contribution >= 4 is 44.8 Å². The number of thiophene rings is 1. The Morgan fingerprint density at radius 2 is 1.74 bits per heavy atom. The Morgan fingerprint density at radius 3 is 2.39 bits per heavy atom. The largest absolute Gasteiger partial charge is 0.416 e. The van der Waals surface area contributed by atoms with Crippen LogP contribution in [0.5, 0.6) is 0 Å². The van der Waals surface area contributed by atoms with E-state index < -0.39 is 23.6 Å². The fourth-order valence-electron chi connectivity index (χ4n) is 2.68. The van der Waals surface area contributed by atoms with E-state index in [1.165, 1.54) is 29.2 Å². The molecule has 2 heterocycles. The summed E-state index contributed by atoms with van der Waals surface area (Å²) >= 11 is 6.95. The van der Waals surface area contributed by atoms with Crippen LogP contribution in [0.3, 0.4) is 0 Å². The number of hydrogen-bond acceptors (Lipinski definition) is 6. The molecule has 0 radical (unpaired) electrons. The molecule has 0 aliphatic heterocycles. The van der Waals surface area contributed by atoms with Gasteiger partial charge in [-0.15, -0.1) is 16.4 Å². The van der Waals surface area contributed by atoms with Crippen molar-refractivity contribution in [2.75, 3.05) is 0 Å². The van der Waals surface area contributed by atoms with Crippen LogP contribution in [0.25, 0.3) is 15.8 Å². The van der Waals surface area contributed by atoms with Crippen molar-refractivity contribution in [1.82, 2.24) is 31.1 Å². The van der Waals surface area contributed by atoms with Crippen LogP contribution in [0, 0.1) is 0 Å². The number of nitrogens with zero attached hydrogens (tertiary/aromatic N) is 4. The smallest absolute Gasteiger partial charge is 0.267 e. The van der Waals surface area contributed by atoms with Crippen LogP contribution in [-0.4, -0.2) is 32.0 Å². The van der Waals surface area contributed by atoms with Crippen LogP contribution in [0.4, 0.5) is 13.2 Å². The third kappa shape index (κ3) is 4.20. The molecule has 0 saturated carbocycles. The monoisotopic (exact) mass is 466 g/mol. The third-order valence-corrected chi connectivity index (χ3v) is 5.85. The molecule has 0 spiro atoms. The Bertz CT molecular complexity index is 1270. The summed E-state index contributed by atoms with van der Waals surface area (Å²) in [6, 6.07) is 9.24. The van der Waals surface area contributed by atoms with E-state index in [0.29, 0.717) is 11.1 Å². The van der Waals surface area contributed by atoms with E-state index in [0.717, 1.165) is 23.5 Å². The normalized spacial score (nSPS) is 11.5. The minimum Gasteiger partial charge on any atom is -0.267 e. The number of benzene rings is 2. The van der Waals surface area contributed by atoms with E-state index in [-0.39, 0.29) is 20.2 Å². The molecule has 4 aromatic rings. The maximum atomic E-state index is 12.9. The zero-order chi connectivity index (χ0) is 22.2. The average Bonchev–Trinajstić information content (AvgIpc) is 3.39. The first-order chi connectivity index (χ1) is 14.7.